The van der Waals surface area contributed by atoms with Crippen molar-refractivity contribution in [1.29, 1.82) is 0 Å². The van der Waals surface area contributed by atoms with Crippen LogP contribution in [0, 0.1) is 11.8 Å². The second-order valence-corrected chi connectivity index (χ2v) is 7.11. The molecule has 1 aromatic rings. The normalized spacial score (nSPS) is 21.9. The standard InChI is InChI=1S/C12H21N3O2S/c1-4-11-13-7-12(14-11)18(16,17)15-6-5-10(8-15)9(2)3/h7,9-10H,4-6,8H2,1-3H3,(H,13,14). The van der Waals surface area contributed by atoms with Crippen molar-refractivity contribution in [1.82, 2.24) is 14.3 Å². The Hall–Kier alpha value is -0.880. The SMILES string of the molecule is CCc1ncc(S(=O)(=O)N2CCC(C(C)C)C2)[nH]1. The van der Waals surface area contributed by atoms with Crippen LogP contribution in [0.25, 0.3) is 0 Å². The molecule has 102 valence electrons. The highest BCUT2D eigenvalue weighted by molar-refractivity contribution is 7.89. The third kappa shape index (κ3) is 2.44. The summed E-state index contributed by atoms with van der Waals surface area (Å²) in [5.41, 5.74) is 0. The van der Waals surface area contributed by atoms with Crippen LogP contribution in [-0.4, -0.2) is 35.8 Å². The first-order chi connectivity index (χ1) is 8.45. The third-order valence-electron chi connectivity index (χ3n) is 3.69. The number of hydrogen-bond donors (Lipinski definition) is 1. The largest absolute Gasteiger partial charge is 0.332 e. The number of hydrogen-bond acceptors (Lipinski definition) is 3. The van der Waals surface area contributed by atoms with E-state index in [0.717, 1.165) is 6.42 Å². The number of nitrogens with one attached hydrogen (secondary N) is 1. The van der Waals surface area contributed by atoms with Gasteiger partial charge in [-0.05, 0) is 18.3 Å². The Morgan fingerprint density at radius 3 is 2.78 bits per heavy atom. The van der Waals surface area contributed by atoms with Gasteiger partial charge in [0, 0.05) is 19.5 Å². The van der Waals surface area contributed by atoms with E-state index in [1.165, 1.54) is 6.20 Å². The van der Waals surface area contributed by atoms with Crippen molar-refractivity contribution in [3.8, 4) is 0 Å². The van der Waals surface area contributed by atoms with Gasteiger partial charge in [0.2, 0.25) is 0 Å². The molecule has 1 aliphatic heterocycles. The van der Waals surface area contributed by atoms with Crippen LogP contribution in [-0.2, 0) is 16.4 Å². The molecule has 6 heteroatoms. The van der Waals surface area contributed by atoms with Gasteiger partial charge in [0.1, 0.15) is 5.82 Å². The molecule has 1 fully saturated rings. The number of imidazole rings is 1. The van der Waals surface area contributed by atoms with E-state index in [-0.39, 0.29) is 5.03 Å². The summed E-state index contributed by atoms with van der Waals surface area (Å²) in [6, 6.07) is 0. The molecule has 0 aliphatic carbocycles. The maximum atomic E-state index is 12.4. The van der Waals surface area contributed by atoms with Crippen molar-refractivity contribution in [2.75, 3.05) is 13.1 Å². The molecular weight excluding hydrogens is 250 g/mol. The summed E-state index contributed by atoms with van der Waals surface area (Å²) in [4.78, 5) is 6.95. The van der Waals surface area contributed by atoms with E-state index in [9.17, 15) is 8.42 Å². The van der Waals surface area contributed by atoms with Gasteiger partial charge in [-0.2, -0.15) is 4.31 Å². The minimum Gasteiger partial charge on any atom is -0.332 e. The van der Waals surface area contributed by atoms with Gasteiger partial charge < -0.3 is 4.98 Å². The van der Waals surface area contributed by atoms with E-state index in [1.54, 1.807) is 4.31 Å². The highest BCUT2D eigenvalue weighted by atomic mass is 32.2. The van der Waals surface area contributed by atoms with Crippen LogP contribution in [0.2, 0.25) is 0 Å². The Bertz CT molecular complexity index is 507. The molecule has 1 aliphatic rings. The molecule has 18 heavy (non-hydrogen) atoms. The van der Waals surface area contributed by atoms with E-state index < -0.39 is 10.0 Å². The minimum absolute atomic E-state index is 0.226. The molecule has 2 rings (SSSR count). The highest BCUT2D eigenvalue weighted by Gasteiger charge is 2.34. The highest BCUT2D eigenvalue weighted by Crippen LogP contribution is 2.27. The topological polar surface area (TPSA) is 66.1 Å². The van der Waals surface area contributed by atoms with E-state index in [4.69, 9.17) is 0 Å². The summed E-state index contributed by atoms with van der Waals surface area (Å²) in [6.45, 7) is 7.48. The zero-order chi connectivity index (χ0) is 13.3. The van der Waals surface area contributed by atoms with E-state index in [2.05, 4.69) is 23.8 Å². The van der Waals surface area contributed by atoms with Crippen LogP contribution in [0.3, 0.4) is 0 Å². The smallest absolute Gasteiger partial charge is 0.260 e. The van der Waals surface area contributed by atoms with Crippen LogP contribution in [0.4, 0.5) is 0 Å². The fourth-order valence-electron chi connectivity index (χ4n) is 2.31. The van der Waals surface area contributed by atoms with Gasteiger partial charge in [-0.15, -0.1) is 0 Å². The van der Waals surface area contributed by atoms with Crippen molar-refractivity contribution in [3.05, 3.63) is 12.0 Å². The van der Waals surface area contributed by atoms with Gasteiger partial charge in [0.25, 0.3) is 10.0 Å². The minimum atomic E-state index is -3.38. The molecule has 1 aromatic heterocycles. The lowest BCUT2D eigenvalue weighted by molar-refractivity contribution is 0.388. The maximum absolute atomic E-state index is 12.4. The zero-order valence-corrected chi connectivity index (χ0v) is 12.0. The monoisotopic (exact) mass is 271 g/mol. The Balaban J connectivity index is 2.17. The average molecular weight is 271 g/mol. The Morgan fingerprint density at radius 1 is 1.56 bits per heavy atom. The molecule has 5 nitrogen and oxygen atoms in total. The molecule has 1 atom stereocenters. The van der Waals surface area contributed by atoms with Gasteiger partial charge in [-0.25, -0.2) is 13.4 Å². The number of sulfonamides is 1. The first kappa shape index (κ1) is 13.5. The predicted molar refractivity (Wildman–Crippen MR) is 69.7 cm³/mol. The molecule has 0 radical (unpaired) electrons. The lowest BCUT2D eigenvalue weighted by Crippen LogP contribution is -2.29. The summed E-state index contributed by atoms with van der Waals surface area (Å²) in [6.07, 6.45) is 3.09. The fraction of sp³-hybridized carbons (Fsp3) is 0.750. The molecule has 0 bridgehead atoms. The van der Waals surface area contributed by atoms with Crippen LogP contribution in [0.15, 0.2) is 11.2 Å². The Labute approximate surface area is 109 Å². The molecule has 0 aromatic carbocycles. The van der Waals surface area contributed by atoms with Gasteiger partial charge >= 0.3 is 0 Å². The Kier molecular flexibility index (Phi) is 3.77. The predicted octanol–water partition coefficient (Wildman–Crippen LogP) is 1.64. The molecule has 0 amide bonds. The lowest BCUT2D eigenvalue weighted by Gasteiger charge is -2.16. The fourth-order valence-corrected chi connectivity index (χ4v) is 3.75. The van der Waals surface area contributed by atoms with Crippen molar-refractivity contribution >= 4 is 10.0 Å². The van der Waals surface area contributed by atoms with E-state index in [0.29, 0.717) is 37.2 Å². The number of aromatic amines is 1. The number of nitrogens with zero attached hydrogens (tertiary/aromatic N) is 2. The van der Waals surface area contributed by atoms with Crippen LogP contribution in [0.5, 0.6) is 0 Å². The summed E-state index contributed by atoms with van der Waals surface area (Å²) >= 11 is 0. The van der Waals surface area contributed by atoms with Gasteiger partial charge in [-0.3, -0.25) is 0 Å². The zero-order valence-electron chi connectivity index (χ0n) is 11.2. The first-order valence-electron chi connectivity index (χ1n) is 6.49. The van der Waals surface area contributed by atoms with Crippen molar-refractivity contribution in [3.63, 3.8) is 0 Å². The van der Waals surface area contributed by atoms with Crippen LogP contribution in [0.1, 0.15) is 33.0 Å². The third-order valence-corrected chi connectivity index (χ3v) is 5.46. The molecule has 1 saturated heterocycles. The summed E-state index contributed by atoms with van der Waals surface area (Å²) in [7, 11) is -3.38. The second kappa shape index (κ2) is 5.01. The summed E-state index contributed by atoms with van der Waals surface area (Å²) in [5, 5.41) is 0.226. The molecular formula is C12H21N3O2S. The lowest BCUT2D eigenvalue weighted by atomic mass is 9.96. The van der Waals surface area contributed by atoms with E-state index in [1.807, 2.05) is 6.92 Å². The molecule has 2 heterocycles. The molecule has 1 N–H and O–H groups in total. The quantitative estimate of drug-likeness (QED) is 0.905. The molecule has 0 spiro atoms. The number of rotatable bonds is 4. The first-order valence-corrected chi connectivity index (χ1v) is 7.93. The van der Waals surface area contributed by atoms with Gasteiger partial charge in [0.05, 0.1) is 6.20 Å². The summed E-state index contributed by atoms with van der Waals surface area (Å²) in [5.74, 6) is 1.71. The van der Waals surface area contributed by atoms with Crippen molar-refractivity contribution < 1.29 is 8.42 Å². The molecule has 0 saturated carbocycles. The van der Waals surface area contributed by atoms with Crippen LogP contribution < -0.4 is 0 Å². The van der Waals surface area contributed by atoms with Crippen molar-refractivity contribution in [2.45, 2.75) is 38.6 Å². The van der Waals surface area contributed by atoms with E-state index >= 15 is 0 Å². The van der Waals surface area contributed by atoms with Gasteiger partial charge in [-0.1, -0.05) is 20.8 Å². The number of H-pyrrole nitrogens is 1. The number of aryl methyl sites for hydroxylation is 1. The maximum Gasteiger partial charge on any atom is 0.260 e. The average Bonchev–Trinajstić information content (AvgIpc) is 2.98. The summed E-state index contributed by atoms with van der Waals surface area (Å²) < 4.78 is 26.3. The van der Waals surface area contributed by atoms with Crippen molar-refractivity contribution in [2.24, 2.45) is 11.8 Å². The van der Waals surface area contributed by atoms with Gasteiger partial charge in [0.15, 0.2) is 5.03 Å². The molecule has 1 unspecified atom stereocenters. The Morgan fingerprint density at radius 2 is 2.28 bits per heavy atom. The number of aromatic nitrogens is 2. The van der Waals surface area contributed by atoms with Crippen LogP contribution >= 0.6 is 0 Å². The second-order valence-electron chi connectivity index (χ2n) is 5.20.